The number of nitrogens with two attached hydrogens (primary N) is 1. The van der Waals surface area contributed by atoms with Crippen LogP contribution in [0.1, 0.15) is 0 Å². The van der Waals surface area contributed by atoms with E-state index in [-0.39, 0.29) is 12.7 Å². The summed E-state index contributed by atoms with van der Waals surface area (Å²) in [4.78, 5) is 8.15. The van der Waals surface area contributed by atoms with E-state index in [1.54, 1.807) is 10.7 Å². The number of aromatic nitrogens is 4. The molecule has 0 amide bonds. The summed E-state index contributed by atoms with van der Waals surface area (Å²) in [6, 6.07) is 7.54. The Morgan fingerprint density at radius 1 is 1.16 bits per heavy atom. The van der Waals surface area contributed by atoms with Crippen LogP contribution >= 0.6 is 0 Å². The highest BCUT2D eigenvalue weighted by molar-refractivity contribution is 5.66. The molecule has 0 aliphatic carbocycles. The van der Waals surface area contributed by atoms with Crippen molar-refractivity contribution in [2.24, 2.45) is 0 Å². The zero-order valence-electron chi connectivity index (χ0n) is 9.78. The number of rotatable bonds is 1. The standard InChI is InChI=1S/C12H9N5O2/c13-11-15-12-14-4-3-8(17(12)16-11)7-1-2-9-10(5-7)19-6-18-9/h1-5H,6H2,(H2,13,16). The number of ether oxygens (including phenoxy) is 2. The van der Waals surface area contributed by atoms with Crippen molar-refractivity contribution in [3.05, 3.63) is 30.5 Å². The SMILES string of the molecule is Nc1nc2nccc(-c3ccc4c(c3)OCO4)n2n1. The molecule has 0 radical (unpaired) electrons. The Labute approximate surface area is 107 Å². The predicted octanol–water partition coefficient (Wildman–Crippen LogP) is 1.10. The number of anilines is 1. The summed E-state index contributed by atoms with van der Waals surface area (Å²) in [5.74, 6) is 2.12. The molecular formula is C12H9N5O2. The van der Waals surface area contributed by atoms with Gasteiger partial charge in [-0.2, -0.15) is 9.50 Å². The molecule has 1 aliphatic rings. The van der Waals surface area contributed by atoms with Crippen LogP contribution in [0.5, 0.6) is 11.5 Å². The Morgan fingerprint density at radius 2 is 2.05 bits per heavy atom. The topological polar surface area (TPSA) is 87.6 Å². The fourth-order valence-corrected chi connectivity index (χ4v) is 2.08. The lowest BCUT2D eigenvalue weighted by Crippen LogP contribution is -1.96. The fourth-order valence-electron chi connectivity index (χ4n) is 2.08. The summed E-state index contributed by atoms with van der Waals surface area (Å²) in [6.07, 6.45) is 1.67. The minimum absolute atomic E-state index is 0.195. The van der Waals surface area contributed by atoms with Crippen LogP contribution in [0.4, 0.5) is 5.95 Å². The monoisotopic (exact) mass is 255 g/mol. The van der Waals surface area contributed by atoms with Crippen LogP contribution in [0.2, 0.25) is 0 Å². The first-order chi connectivity index (χ1) is 9.31. The number of benzene rings is 1. The number of hydrogen-bond donors (Lipinski definition) is 1. The summed E-state index contributed by atoms with van der Waals surface area (Å²) in [5, 5.41) is 4.13. The molecule has 0 fully saturated rings. The number of hydrogen-bond acceptors (Lipinski definition) is 6. The minimum Gasteiger partial charge on any atom is -0.454 e. The summed E-state index contributed by atoms with van der Waals surface area (Å²) in [7, 11) is 0. The summed E-state index contributed by atoms with van der Waals surface area (Å²) >= 11 is 0. The van der Waals surface area contributed by atoms with Crippen molar-refractivity contribution in [2.75, 3.05) is 12.5 Å². The van der Waals surface area contributed by atoms with Gasteiger partial charge in [-0.15, -0.1) is 5.10 Å². The van der Waals surface area contributed by atoms with Gasteiger partial charge in [-0.3, -0.25) is 0 Å². The van der Waals surface area contributed by atoms with Gasteiger partial charge >= 0.3 is 0 Å². The van der Waals surface area contributed by atoms with Gasteiger partial charge < -0.3 is 15.2 Å². The number of fused-ring (bicyclic) bond motifs is 2. The molecule has 94 valence electrons. The van der Waals surface area contributed by atoms with Crippen molar-refractivity contribution < 1.29 is 9.47 Å². The Balaban J connectivity index is 1.94. The molecule has 7 nitrogen and oxygen atoms in total. The van der Waals surface area contributed by atoms with Crippen LogP contribution in [0.25, 0.3) is 17.0 Å². The number of nitrogen functional groups attached to an aromatic ring is 1. The van der Waals surface area contributed by atoms with Gasteiger partial charge in [0.2, 0.25) is 12.7 Å². The third kappa shape index (κ3) is 1.48. The van der Waals surface area contributed by atoms with E-state index >= 15 is 0 Å². The fraction of sp³-hybridized carbons (Fsp3) is 0.0833. The van der Waals surface area contributed by atoms with Crippen LogP contribution in [0, 0.1) is 0 Å². The maximum Gasteiger partial charge on any atom is 0.254 e. The smallest absolute Gasteiger partial charge is 0.254 e. The third-order valence-electron chi connectivity index (χ3n) is 2.93. The van der Waals surface area contributed by atoms with E-state index < -0.39 is 0 Å². The van der Waals surface area contributed by atoms with Gasteiger partial charge in [0.05, 0.1) is 5.69 Å². The first-order valence-corrected chi connectivity index (χ1v) is 5.68. The molecule has 7 heteroatoms. The Morgan fingerprint density at radius 3 is 3.00 bits per heavy atom. The Bertz CT molecular complexity index is 783. The molecule has 1 aliphatic heterocycles. The van der Waals surface area contributed by atoms with Crippen molar-refractivity contribution >= 4 is 11.7 Å². The van der Waals surface area contributed by atoms with E-state index in [2.05, 4.69) is 15.1 Å². The first-order valence-electron chi connectivity index (χ1n) is 5.68. The van der Waals surface area contributed by atoms with Crippen LogP contribution in [-0.4, -0.2) is 26.4 Å². The van der Waals surface area contributed by atoms with Gasteiger partial charge in [0, 0.05) is 11.8 Å². The molecule has 3 heterocycles. The summed E-state index contributed by atoms with van der Waals surface area (Å²) in [6.45, 7) is 0.251. The van der Waals surface area contributed by atoms with Gasteiger partial charge in [0.25, 0.3) is 5.78 Å². The van der Waals surface area contributed by atoms with E-state index in [9.17, 15) is 0 Å². The second-order valence-corrected chi connectivity index (χ2v) is 4.08. The number of nitrogens with zero attached hydrogens (tertiary/aromatic N) is 4. The van der Waals surface area contributed by atoms with E-state index in [0.29, 0.717) is 5.78 Å². The quantitative estimate of drug-likeness (QED) is 0.700. The summed E-state index contributed by atoms with van der Waals surface area (Å²) < 4.78 is 12.3. The first kappa shape index (κ1) is 10.1. The lowest BCUT2D eigenvalue weighted by atomic mass is 10.1. The van der Waals surface area contributed by atoms with Gasteiger partial charge in [0.15, 0.2) is 11.5 Å². The van der Waals surface area contributed by atoms with Gasteiger partial charge in [-0.1, -0.05) is 0 Å². The zero-order valence-corrected chi connectivity index (χ0v) is 9.78. The molecule has 2 aromatic heterocycles. The Kier molecular flexibility index (Phi) is 1.91. The molecular weight excluding hydrogens is 246 g/mol. The normalized spacial score (nSPS) is 13.1. The van der Waals surface area contributed by atoms with Crippen molar-refractivity contribution in [1.82, 2.24) is 19.6 Å². The van der Waals surface area contributed by atoms with E-state index in [1.165, 1.54) is 0 Å². The van der Waals surface area contributed by atoms with Crippen molar-refractivity contribution in [3.63, 3.8) is 0 Å². The van der Waals surface area contributed by atoms with Crippen molar-refractivity contribution in [2.45, 2.75) is 0 Å². The van der Waals surface area contributed by atoms with E-state index in [1.807, 2.05) is 24.3 Å². The lowest BCUT2D eigenvalue weighted by molar-refractivity contribution is 0.174. The molecule has 0 unspecified atom stereocenters. The minimum atomic E-state index is 0.195. The van der Waals surface area contributed by atoms with E-state index in [0.717, 1.165) is 22.8 Å². The van der Waals surface area contributed by atoms with E-state index in [4.69, 9.17) is 15.2 Å². The molecule has 2 N–H and O–H groups in total. The van der Waals surface area contributed by atoms with Crippen LogP contribution in [-0.2, 0) is 0 Å². The highest BCUT2D eigenvalue weighted by atomic mass is 16.7. The summed E-state index contributed by atoms with van der Waals surface area (Å²) in [5.41, 5.74) is 7.37. The van der Waals surface area contributed by atoms with Gasteiger partial charge in [0.1, 0.15) is 0 Å². The third-order valence-corrected chi connectivity index (χ3v) is 2.93. The molecule has 0 saturated carbocycles. The Hall–Kier alpha value is -2.83. The lowest BCUT2D eigenvalue weighted by Gasteiger charge is -2.04. The molecule has 4 rings (SSSR count). The molecule has 0 spiro atoms. The van der Waals surface area contributed by atoms with Crippen molar-refractivity contribution in [3.8, 4) is 22.8 Å². The van der Waals surface area contributed by atoms with Crippen LogP contribution in [0.15, 0.2) is 30.5 Å². The van der Waals surface area contributed by atoms with Gasteiger partial charge in [-0.05, 0) is 24.3 Å². The second kappa shape index (κ2) is 3.58. The highest BCUT2D eigenvalue weighted by Crippen LogP contribution is 2.35. The van der Waals surface area contributed by atoms with Crippen LogP contribution < -0.4 is 15.2 Å². The second-order valence-electron chi connectivity index (χ2n) is 4.08. The maximum atomic E-state index is 5.60. The molecule has 0 atom stereocenters. The predicted molar refractivity (Wildman–Crippen MR) is 66.8 cm³/mol. The molecule has 3 aromatic rings. The van der Waals surface area contributed by atoms with Crippen molar-refractivity contribution in [1.29, 1.82) is 0 Å². The van der Waals surface area contributed by atoms with Gasteiger partial charge in [-0.25, -0.2) is 4.98 Å². The zero-order chi connectivity index (χ0) is 12.8. The molecule has 0 saturated heterocycles. The molecule has 1 aromatic carbocycles. The molecule has 19 heavy (non-hydrogen) atoms. The largest absolute Gasteiger partial charge is 0.454 e. The average Bonchev–Trinajstić information content (AvgIpc) is 3.01. The maximum absolute atomic E-state index is 5.60. The highest BCUT2D eigenvalue weighted by Gasteiger charge is 2.15. The molecule has 0 bridgehead atoms. The average molecular weight is 255 g/mol. The van der Waals surface area contributed by atoms with Crippen LogP contribution in [0.3, 0.4) is 0 Å².